The van der Waals surface area contributed by atoms with Crippen LogP contribution in [0.15, 0.2) is 53.4 Å². The molecule has 0 atom stereocenters. The van der Waals surface area contributed by atoms with E-state index in [0.717, 1.165) is 0 Å². The van der Waals surface area contributed by atoms with E-state index in [9.17, 15) is 18.0 Å². The maximum Gasteiger partial charge on any atom is 0.344 e. The average molecular weight is 478 g/mol. The topological polar surface area (TPSA) is 117 Å². The van der Waals surface area contributed by atoms with Crippen molar-refractivity contribution in [2.75, 3.05) is 39.4 Å². The predicted octanol–water partition coefficient (Wildman–Crippen LogP) is 1.67. The highest BCUT2D eigenvalue weighted by Gasteiger charge is 2.30. The number of nitrogens with zero attached hydrogens (tertiary/aromatic N) is 3. The van der Waals surface area contributed by atoms with Gasteiger partial charge in [0.1, 0.15) is 11.8 Å². The van der Waals surface area contributed by atoms with Gasteiger partial charge in [-0.3, -0.25) is 4.79 Å². The van der Waals surface area contributed by atoms with Gasteiger partial charge in [0.15, 0.2) is 13.2 Å². The zero-order valence-corrected chi connectivity index (χ0v) is 18.5. The monoisotopic (exact) mass is 477 g/mol. The molecule has 0 N–H and O–H groups in total. The minimum absolute atomic E-state index is 0.124. The molecule has 1 saturated heterocycles. The summed E-state index contributed by atoms with van der Waals surface area (Å²) in [5, 5.41) is 9.44. The van der Waals surface area contributed by atoms with Crippen LogP contribution in [0.2, 0.25) is 5.02 Å². The SMILES string of the molecule is N#Cc1ccccc1OCC(=O)OCC(=O)N1CCN(S(=O)(=O)c2ccc(Cl)cc2)CC1. The second-order valence-electron chi connectivity index (χ2n) is 6.80. The van der Waals surface area contributed by atoms with Crippen LogP contribution in [0, 0.1) is 11.3 Å². The molecule has 0 unspecified atom stereocenters. The van der Waals surface area contributed by atoms with Crippen molar-refractivity contribution < 1.29 is 27.5 Å². The van der Waals surface area contributed by atoms with Crippen LogP contribution >= 0.6 is 11.6 Å². The summed E-state index contributed by atoms with van der Waals surface area (Å²) in [6.45, 7) is -0.326. The number of esters is 1. The molecule has 0 bridgehead atoms. The molecule has 0 saturated carbocycles. The van der Waals surface area contributed by atoms with E-state index >= 15 is 0 Å². The highest BCUT2D eigenvalue weighted by atomic mass is 35.5. The number of piperazine rings is 1. The van der Waals surface area contributed by atoms with Crippen molar-refractivity contribution in [3.05, 3.63) is 59.1 Å². The Morgan fingerprint density at radius 3 is 2.31 bits per heavy atom. The first-order chi connectivity index (χ1) is 15.3. The molecule has 1 aliphatic heterocycles. The van der Waals surface area contributed by atoms with Crippen molar-refractivity contribution in [1.29, 1.82) is 5.26 Å². The van der Waals surface area contributed by atoms with Gasteiger partial charge < -0.3 is 14.4 Å². The van der Waals surface area contributed by atoms with Gasteiger partial charge in [-0.1, -0.05) is 23.7 Å². The number of benzene rings is 2. The van der Waals surface area contributed by atoms with E-state index in [1.165, 1.54) is 33.5 Å². The first-order valence-electron chi connectivity index (χ1n) is 9.62. The maximum absolute atomic E-state index is 12.7. The quantitative estimate of drug-likeness (QED) is 0.556. The Bertz CT molecular complexity index is 1120. The highest BCUT2D eigenvalue weighted by molar-refractivity contribution is 7.89. The number of amides is 1. The number of carbonyl (C=O) groups is 2. The van der Waals surface area contributed by atoms with Crippen molar-refractivity contribution in [1.82, 2.24) is 9.21 Å². The number of carbonyl (C=O) groups excluding carboxylic acids is 2. The molecule has 32 heavy (non-hydrogen) atoms. The van der Waals surface area contributed by atoms with Gasteiger partial charge in [0.25, 0.3) is 5.91 Å². The van der Waals surface area contributed by atoms with E-state index in [4.69, 9.17) is 26.3 Å². The molecule has 1 aliphatic rings. The number of rotatable bonds is 7. The molecule has 1 fully saturated rings. The van der Waals surface area contributed by atoms with E-state index in [-0.39, 0.29) is 42.4 Å². The molecule has 1 amide bonds. The largest absolute Gasteiger partial charge is 0.481 e. The second kappa shape index (κ2) is 10.5. The van der Waals surface area contributed by atoms with E-state index in [2.05, 4.69) is 0 Å². The molecular formula is C21H20ClN3O6S. The first-order valence-corrected chi connectivity index (χ1v) is 11.4. The molecule has 3 rings (SSSR count). The average Bonchev–Trinajstić information content (AvgIpc) is 2.81. The number of hydrogen-bond donors (Lipinski definition) is 0. The number of para-hydroxylation sites is 1. The summed E-state index contributed by atoms with van der Waals surface area (Å²) in [7, 11) is -3.68. The summed E-state index contributed by atoms with van der Waals surface area (Å²) in [5.41, 5.74) is 0.280. The molecule has 0 aromatic heterocycles. The van der Waals surface area contributed by atoms with Crippen LogP contribution in [0.5, 0.6) is 5.75 Å². The third kappa shape index (κ3) is 5.76. The van der Waals surface area contributed by atoms with Crippen LogP contribution in [0.4, 0.5) is 0 Å². The smallest absolute Gasteiger partial charge is 0.344 e. The Morgan fingerprint density at radius 1 is 1.00 bits per heavy atom. The Morgan fingerprint density at radius 2 is 1.66 bits per heavy atom. The lowest BCUT2D eigenvalue weighted by atomic mass is 10.2. The van der Waals surface area contributed by atoms with Gasteiger partial charge in [0.05, 0.1) is 10.5 Å². The Hall–Kier alpha value is -3.13. The van der Waals surface area contributed by atoms with Crippen molar-refractivity contribution in [2.24, 2.45) is 0 Å². The van der Waals surface area contributed by atoms with Crippen LogP contribution in [-0.4, -0.2) is 68.9 Å². The summed E-state index contributed by atoms with van der Waals surface area (Å²) < 4.78 is 36.9. The summed E-state index contributed by atoms with van der Waals surface area (Å²) in [4.78, 5) is 25.8. The lowest BCUT2D eigenvalue weighted by Gasteiger charge is -2.33. The van der Waals surface area contributed by atoms with Crippen LogP contribution in [0.3, 0.4) is 0 Å². The van der Waals surface area contributed by atoms with Crippen LogP contribution in [0.1, 0.15) is 5.56 Å². The maximum atomic E-state index is 12.7. The molecule has 0 spiro atoms. The lowest BCUT2D eigenvalue weighted by molar-refractivity contribution is -0.154. The lowest BCUT2D eigenvalue weighted by Crippen LogP contribution is -2.51. The van der Waals surface area contributed by atoms with Crippen LogP contribution < -0.4 is 4.74 Å². The second-order valence-corrected chi connectivity index (χ2v) is 9.17. The molecular weight excluding hydrogens is 458 g/mol. The van der Waals surface area contributed by atoms with Gasteiger partial charge in [-0.15, -0.1) is 0 Å². The van der Waals surface area contributed by atoms with Crippen molar-refractivity contribution in [3.8, 4) is 11.8 Å². The Balaban J connectivity index is 1.45. The minimum Gasteiger partial charge on any atom is -0.481 e. The fraction of sp³-hybridized carbons (Fsp3) is 0.286. The summed E-state index contributed by atoms with van der Waals surface area (Å²) >= 11 is 5.81. The van der Waals surface area contributed by atoms with E-state index in [0.29, 0.717) is 5.02 Å². The van der Waals surface area contributed by atoms with Gasteiger partial charge in [0.2, 0.25) is 10.0 Å². The van der Waals surface area contributed by atoms with Gasteiger partial charge in [-0.05, 0) is 36.4 Å². The zero-order chi connectivity index (χ0) is 23.1. The van der Waals surface area contributed by atoms with E-state index in [1.807, 2.05) is 6.07 Å². The fourth-order valence-electron chi connectivity index (χ4n) is 3.03. The molecule has 2 aromatic carbocycles. The summed E-state index contributed by atoms with van der Waals surface area (Å²) in [6.07, 6.45) is 0. The molecule has 2 aromatic rings. The molecule has 1 heterocycles. The van der Waals surface area contributed by atoms with Crippen molar-refractivity contribution in [2.45, 2.75) is 4.90 Å². The third-order valence-electron chi connectivity index (χ3n) is 4.75. The van der Waals surface area contributed by atoms with Crippen LogP contribution in [-0.2, 0) is 24.3 Å². The van der Waals surface area contributed by atoms with Crippen molar-refractivity contribution >= 4 is 33.5 Å². The van der Waals surface area contributed by atoms with Crippen LogP contribution in [0.25, 0.3) is 0 Å². The highest BCUT2D eigenvalue weighted by Crippen LogP contribution is 2.20. The number of sulfonamides is 1. The van der Waals surface area contributed by atoms with E-state index in [1.54, 1.807) is 24.3 Å². The molecule has 9 nitrogen and oxygen atoms in total. The number of hydrogen-bond acceptors (Lipinski definition) is 7. The predicted molar refractivity (Wildman–Crippen MR) is 114 cm³/mol. The Labute approximate surface area is 190 Å². The number of halogens is 1. The van der Waals surface area contributed by atoms with Gasteiger partial charge in [0, 0.05) is 31.2 Å². The summed E-state index contributed by atoms with van der Waals surface area (Å²) in [5.74, 6) is -0.939. The molecule has 0 aliphatic carbocycles. The van der Waals surface area contributed by atoms with Gasteiger partial charge >= 0.3 is 5.97 Å². The number of nitriles is 1. The third-order valence-corrected chi connectivity index (χ3v) is 6.92. The Kier molecular flexibility index (Phi) is 7.69. The van der Waals surface area contributed by atoms with Crippen molar-refractivity contribution in [3.63, 3.8) is 0 Å². The van der Waals surface area contributed by atoms with E-state index < -0.39 is 35.1 Å². The normalized spacial score (nSPS) is 14.4. The standard InChI is InChI=1S/C21H20ClN3O6S/c22-17-5-7-18(8-6-17)32(28,29)25-11-9-24(10-12-25)20(26)14-31-21(27)15-30-19-4-2-1-3-16(19)13-23/h1-8H,9-12,14-15H2. The number of ether oxygens (including phenoxy) is 2. The van der Waals surface area contributed by atoms with Gasteiger partial charge in [-0.2, -0.15) is 9.57 Å². The summed E-state index contributed by atoms with van der Waals surface area (Å²) in [6, 6.07) is 14.3. The molecule has 0 radical (unpaired) electrons. The zero-order valence-electron chi connectivity index (χ0n) is 16.9. The van der Waals surface area contributed by atoms with Gasteiger partial charge in [-0.25, -0.2) is 13.2 Å². The fourth-order valence-corrected chi connectivity index (χ4v) is 4.58. The minimum atomic E-state index is -3.68. The molecule has 168 valence electrons. The molecule has 11 heteroatoms. The first kappa shape index (κ1) is 23.5.